The number of benzene rings is 2. The van der Waals surface area contributed by atoms with Crippen LogP contribution < -0.4 is 10.2 Å². The van der Waals surface area contributed by atoms with E-state index in [2.05, 4.69) is 10.3 Å². The topological polar surface area (TPSA) is 62.3 Å². The molecular weight excluding hydrogens is 346 g/mol. The number of aryl methyl sites for hydroxylation is 1. The molecule has 26 heavy (non-hydrogen) atoms. The van der Waals surface area contributed by atoms with Gasteiger partial charge in [-0.3, -0.25) is 9.59 Å². The van der Waals surface area contributed by atoms with Crippen LogP contribution in [0, 0.1) is 6.92 Å². The van der Waals surface area contributed by atoms with Crippen molar-refractivity contribution in [3.63, 3.8) is 0 Å². The number of hydrogen-bond donors (Lipinski definition) is 1. The Morgan fingerprint density at radius 1 is 1.08 bits per heavy atom. The van der Waals surface area contributed by atoms with E-state index in [-0.39, 0.29) is 11.8 Å². The number of para-hydroxylation sites is 1. The zero-order valence-corrected chi connectivity index (χ0v) is 15.6. The third kappa shape index (κ3) is 3.81. The van der Waals surface area contributed by atoms with Gasteiger partial charge in [0, 0.05) is 35.8 Å². The van der Waals surface area contributed by atoms with Crippen molar-refractivity contribution in [2.45, 2.75) is 13.8 Å². The Kier molecular flexibility index (Phi) is 5.14. The molecule has 2 aromatic carbocycles. The molecule has 0 saturated carbocycles. The lowest BCUT2D eigenvalue weighted by molar-refractivity contribution is -0.114. The fourth-order valence-electron chi connectivity index (χ4n) is 2.58. The van der Waals surface area contributed by atoms with E-state index in [4.69, 9.17) is 0 Å². The van der Waals surface area contributed by atoms with Crippen LogP contribution in [0.5, 0.6) is 0 Å². The largest absolute Gasteiger partial charge is 0.326 e. The van der Waals surface area contributed by atoms with Crippen molar-refractivity contribution in [1.82, 2.24) is 4.98 Å². The minimum absolute atomic E-state index is 0.127. The first-order valence-corrected chi connectivity index (χ1v) is 8.96. The first-order chi connectivity index (χ1) is 12.5. The van der Waals surface area contributed by atoms with Crippen LogP contribution in [0.2, 0.25) is 0 Å². The van der Waals surface area contributed by atoms with Gasteiger partial charge in [0.25, 0.3) is 5.91 Å². The molecule has 1 aromatic heterocycles. The zero-order valence-electron chi connectivity index (χ0n) is 14.8. The van der Waals surface area contributed by atoms with E-state index in [1.165, 1.54) is 18.3 Å². The Morgan fingerprint density at radius 3 is 2.50 bits per heavy atom. The first-order valence-electron chi connectivity index (χ1n) is 8.14. The van der Waals surface area contributed by atoms with Gasteiger partial charge >= 0.3 is 0 Å². The van der Waals surface area contributed by atoms with Crippen molar-refractivity contribution in [3.05, 3.63) is 65.2 Å². The summed E-state index contributed by atoms with van der Waals surface area (Å²) in [6.07, 6.45) is 0. The molecule has 0 spiro atoms. The summed E-state index contributed by atoms with van der Waals surface area (Å²) in [4.78, 5) is 31.1. The van der Waals surface area contributed by atoms with Gasteiger partial charge < -0.3 is 10.2 Å². The Labute approximate surface area is 156 Å². The summed E-state index contributed by atoms with van der Waals surface area (Å²) in [6, 6.07) is 16.9. The summed E-state index contributed by atoms with van der Waals surface area (Å²) in [5, 5.41) is 3.51. The first kappa shape index (κ1) is 17.8. The standard InChI is InChI=1S/C20H19N3O2S/c1-13-18(20(25)23(3)17-10-5-4-6-11-17)22-19(26-13)15-8-7-9-16(12-15)21-14(2)24/h4-12H,1-3H3,(H,21,24). The quantitative estimate of drug-likeness (QED) is 0.747. The number of carbonyl (C=O) groups is 2. The zero-order chi connectivity index (χ0) is 18.7. The van der Waals surface area contributed by atoms with Gasteiger partial charge in [0.15, 0.2) is 0 Å². The molecule has 132 valence electrons. The molecular formula is C20H19N3O2S. The number of thiazole rings is 1. The van der Waals surface area contributed by atoms with E-state index in [1.807, 2.05) is 61.5 Å². The van der Waals surface area contributed by atoms with Gasteiger partial charge in [-0.1, -0.05) is 30.3 Å². The Bertz CT molecular complexity index is 951. The Morgan fingerprint density at radius 2 is 1.81 bits per heavy atom. The summed E-state index contributed by atoms with van der Waals surface area (Å²) in [5.41, 5.74) is 2.84. The van der Waals surface area contributed by atoms with Crippen LogP contribution >= 0.6 is 11.3 Å². The molecule has 1 N–H and O–H groups in total. The van der Waals surface area contributed by atoms with Crippen LogP contribution in [-0.2, 0) is 4.79 Å². The number of carbonyl (C=O) groups excluding carboxylic acids is 2. The second kappa shape index (κ2) is 7.49. The molecule has 6 heteroatoms. The number of nitrogens with one attached hydrogen (secondary N) is 1. The highest BCUT2D eigenvalue weighted by atomic mass is 32.1. The lowest BCUT2D eigenvalue weighted by Gasteiger charge is -2.16. The van der Waals surface area contributed by atoms with Crippen molar-refractivity contribution in [2.24, 2.45) is 0 Å². The fourth-order valence-corrected chi connectivity index (χ4v) is 3.48. The molecule has 5 nitrogen and oxygen atoms in total. The molecule has 0 atom stereocenters. The maximum Gasteiger partial charge on any atom is 0.277 e. The normalized spacial score (nSPS) is 10.4. The van der Waals surface area contributed by atoms with E-state index in [1.54, 1.807) is 11.9 Å². The minimum Gasteiger partial charge on any atom is -0.326 e. The van der Waals surface area contributed by atoms with Gasteiger partial charge in [-0.05, 0) is 31.2 Å². The Balaban J connectivity index is 1.90. The molecule has 0 bridgehead atoms. The monoisotopic (exact) mass is 365 g/mol. The molecule has 0 aliphatic rings. The maximum absolute atomic E-state index is 12.8. The third-order valence-corrected chi connectivity index (χ3v) is 4.90. The van der Waals surface area contributed by atoms with Crippen molar-refractivity contribution in [3.8, 4) is 10.6 Å². The highest BCUT2D eigenvalue weighted by Gasteiger charge is 2.20. The highest BCUT2D eigenvalue weighted by Crippen LogP contribution is 2.30. The van der Waals surface area contributed by atoms with E-state index < -0.39 is 0 Å². The molecule has 0 radical (unpaired) electrons. The van der Waals surface area contributed by atoms with Gasteiger partial charge in [-0.15, -0.1) is 11.3 Å². The van der Waals surface area contributed by atoms with Crippen molar-refractivity contribution < 1.29 is 9.59 Å². The van der Waals surface area contributed by atoms with Crippen LogP contribution in [-0.4, -0.2) is 23.8 Å². The van der Waals surface area contributed by atoms with Crippen molar-refractivity contribution in [2.75, 3.05) is 17.3 Å². The number of amides is 2. The lowest BCUT2D eigenvalue weighted by Crippen LogP contribution is -2.27. The third-order valence-electron chi connectivity index (χ3n) is 3.88. The van der Waals surface area contributed by atoms with Crippen LogP contribution in [0.4, 0.5) is 11.4 Å². The van der Waals surface area contributed by atoms with Gasteiger partial charge in [-0.2, -0.15) is 0 Å². The van der Waals surface area contributed by atoms with E-state index >= 15 is 0 Å². The van der Waals surface area contributed by atoms with Crippen LogP contribution in [0.3, 0.4) is 0 Å². The van der Waals surface area contributed by atoms with E-state index in [9.17, 15) is 9.59 Å². The number of hydrogen-bond acceptors (Lipinski definition) is 4. The summed E-state index contributed by atoms with van der Waals surface area (Å²) in [7, 11) is 1.74. The Hall–Kier alpha value is -2.99. The highest BCUT2D eigenvalue weighted by molar-refractivity contribution is 7.15. The molecule has 1 heterocycles. The van der Waals surface area contributed by atoms with Gasteiger partial charge in [0.1, 0.15) is 10.7 Å². The summed E-state index contributed by atoms with van der Waals surface area (Å²) in [6.45, 7) is 3.36. The number of anilines is 2. The molecule has 0 unspecified atom stereocenters. The fraction of sp³-hybridized carbons (Fsp3) is 0.150. The van der Waals surface area contributed by atoms with Gasteiger partial charge in [0.2, 0.25) is 5.91 Å². The average molecular weight is 365 g/mol. The lowest BCUT2D eigenvalue weighted by atomic mass is 10.2. The minimum atomic E-state index is -0.144. The smallest absolute Gasteiger partial charge is 0.277 e. The second-order valence-corrected chi connectivity index (χ2v) is 7.09. The van der Waals surface area contributed by atoms with Crippen LogP contribution in [0.15, 0.2) is 54.6 Å². The number of nitrogens with zero attached hydrogens (tertiary/aromatic N) is 2. The molecule has 2 amide bonds. The molecule has 3 aromatic rings. The van der Waals surface area contributed by atoms with Crippen molar-refractivity contribution >= 4 is 34.5 Å². The number of aromatic nitrogens is 1. The average Bonchev–Trinajstić information content (AvgIpc) is 3.02. The maximum atomic E-state index is 12.8. The summed E-state index contributed by atoms with van der Waals surface area (Å²) >= 11 is 1.46. The van der Waals surface area contributed by atoms with Gasteiger partial charge in [0.05, 0.1) is 0 Å². The molecule has 0 aliphatic heterocycles. The number of rotatable bonds is 4. The molecule has 3 rings (SSSR count). The van der Waals surface area contributed by atoms with Gasteiger partial charge in [-0.25, -0.2) is 4.98 Å². The second-order valence-electron chi connectivity index (χ2n) is 5.89. The van der Waals surface area contributed by atoms with Crippen molar-refractivity contribution in [1.29, 1.82) is 0 Å². The van der Waals surface area contributed by atoms with Crippen LogP contribution in [0.25, 0.3) is 10.6 Å². The predicted octanol–water partition coefficient (Wildman–Crippen LogP) is 4.35. The summed E-state index contributed by atoms with van der Waals surface area (Å²) in [5.74, 6) is -0.271. The van der Waals surface area contributed by atoms with Crippen LogP contribution in [0.1, 0.15) is 22.3 Å². The van der Waals surface area contributed by atoms with E-state index in [0.29, 0.717) is 11.4 Å². The molecule has 0 fully saturated rings. The molecule has 0 aliphatic carbocycles. The van der Waals surface area contributed by atoms with E-state index in [0.717, 1.165) is 21.1 Å². The predicted molar refractivity (Wildman–Crippen MR) is 106 cm³/mol. The SMILES string of the molecule is CC(=O)Nc1cccc(-c2nc(C(=O)N(C)c3ccccc3)c(C)s2)c1. The molecule has 0 saturated heterocycles. The summed E-state index contributed by atoms with van der Waals surface area (Å²) < 4.78 is 0.